The van der Waals surface area contributed by atoms with Gasteiger partial charge < -0.3 is 10.1 Å². The Morgan fingerprint density at radius 3 is 2.93 bits per heavy atom. The van der Waals surface area contributed by atoms with Crippen molar-refractivity contribution < 1.29 is 14.8 Å². The van der Waals surface area contributed by atoms with Crippen molar-refractivity contribution in [3.63, 3.8) is 0 Å². The molecular formula is C11H22NO2+. The second kappa shape index (κ2) is 6.82. The van der Waals surface area contributed by atoms with E-state index in [-0.39, 0.29) is 12.0 Å². The SMILES string of the molecule is CCCCCCOC(=O)[C@@H]1CCC[NH2+]1. The zero-order valence-corrected chi connectivity index (χ0v) is 9.13. The van der Waals surface area contributed by atoms with Crippen molar-refractivity contribution in [2.75, 3.05) is 13.2 Å². The van der Waals surface area contributed by atoms with Gasteiger partial charge in [0.05, 0.1) is 13.2 Å². The highest BCUT2D eigenvalue weighted by molar-refractivity contribution is 5.74. The summed E-state index contributed by atoms with van der Waals surface area (Å²) in [6.07, 6.45) is 6.81. The lowest BCUT2D eigenvalue weighted by Crippen LogP contribution is -2.88. The number of esters is 1. The molecule has 0 aliphatic carbocycles. The molecule has 1 heterocycles. The quantitative estimate of drug-likeness (QED) is 0.510. The first kappa shape index (κ1) is 11.5. The first-order chi connectivity index (χ1) is 6.84. The van der Waals surface area contributed by atoms with Gasteiger partial charge in [-0.25, -0.2) is 4.79 Å². The van der Waals surface area contributed by atoms with Gasteiger partial charge in [-0.3, -0.25) is 0 Å². The molecule has 0 saturated carbocycles. The van der Waals surface area contributed by atoms with Crippen LogP contribution >= 0.6 is 0 Å². The normalized spacial score (nSPS) is 21.1. The third-order valence-electron chi connectivity index (χ3n) is 2.72. The van der Waals surface area contributed by atoms with Crippen LogP contribution in [0.25, 0.3) is 0 Å². The summed E-state index contributed by atoms with van der Waals surface area (Å²) < 4.78 is 5.20. The highest BCUT2D eigenvalue weighted by Gasteiger charge is 2.27. The van der Waals surface area contributed by atoms with Crippen molar-refractivity contribution in [3.05, 3.63) is 0 Å². The van der Waals surface area contributed by atoms with Crippen LogP contribution in [0.1, 0.15) is 45.4 Å². The Hall–Kier alpha value is -0.570. The molecule has 1 atom stereocenters. The zero-order chi connectivity index (χ0) is 10.2. The molecular weight excluding hydrogens is 178 g/mol. The molecule has 1 aliphatic heterocycles. The van der Waals surface area contributed by atoms with Gasteiger partial charge in [0.1, 0.15) is 0 Å². The topological polar surface area (TPSA) is 42.9 Å². The van der Waals surface area contributed by atoms with E-state index in [0.717, 1.165) is 25.8 Å². The summed E-state index contributed by atoms with van der Waals surface area (Å²) in [7, 11) is 0. The lowest BCUT2D eigenvalue weighted by Gasteiger charge is -2.07. The van der Waals surface area contributed by atoms with E-state index in [1.807, 2.05) is 0 Å². The second-order valence-electron chi connectivity index (χ2n) is 4.00. The van der Waals surface area contributed by atoms with E-state index in [1.165, 1.54) is 19.3 Å². The van der Waals surface area contributed by atoms with Crippen molar-refractivity contribution in [3.8, 4) is 0 Å². The van der Waals surface area contributed by atoms with E-state index in [0.29, 0.717) is 6.61 Å². The summed E-state index contributed by atoms with van der Waals surface area (Å²) in [5.41, 5.74) is 0. The molecule has 2 N–H and O–H groups in total. The van der Waals surface area contributed by atoms with Crippen LogP contribution in [-0.2, 0) is 9.53 Å². The summed E-state index contributed by atoms with van der Waals surface area (Å²) in [4.78, 5) is 11.4. The van der Waals surface area contributed by atoms with Crippen LogP contribution in [0.5, 0.6) is 0 Å². The molecule has 0 aromatic carbocycles. The van der Waals surface area contributed by atoms with Crippen LogP contribution in [0.4, 0.5) is 0 Å². The Morgan fingerprint density at radius 2 is 2.29 bits per heavy atom. The van der Waals surface area contributed by atoms with E-state index in [1.54, 1.807) is 0 Å². The number of unbranched alkanes of at least 4 members (excludes halogenated alkanes) is 3. The number of hydrogen-bond acceptors (Lipinski definition) is 2. The Balaban J connectivity index is 1.97. The minimum atomic E-state index is -0.000927. The fraction of sp³-hybridized carbons (Fsp3) is 0.909. The standard InChI is InChI=1S/C11H21NO2/c1-2-3-4-5-9-14-11(13)10-7-6-8-12-10/h10,12H,2-9H2,1H3/p+1/t10-/m0/s1. The number of rotatable bonds is 6. The largest absolute Gasteiger partial charge is 0.461 e. The first-order valence-electron chi connectivity index (χ1n) is 5.84. The van der Waals surface area contributed by atoms with Crippen LogP contribution in [-0.4, -0.2) is 25.2 Å². The smallest absolute Gasteiger partial charge is 0.364 e. The van der Waals surface area contributed by atoms with Crippen LogP contribution in [0.15, 0.2) is 0 Å². The number of carbonyl (C=O) groups is 1. The molecule has 0 unspecified atom stereocenters. The maximum absolute atomic E-state index is 11.4. The molecule has 1 saturated heterocycles. The third kappa shape index (κ3) is 4.09. The monoisotopic (exact) mass is 200 g/mol. The van der Waals surface area contributed by atoms with E-state index < -0.39 is 0 Å². The number of carbonyl (C=O) groups excluding carboxylic acids is 1. The summed E-state index contributed by atoms with van der Waals surface area (Å²) in [6, 6.07) is 0.0983. The number of quaternary nitrogens is 1. The van der Waals surface area contributed by atoms with Crippen LogP contribution in [0.2, 0.25) is 0 Å². The van der Waals surface area contributed by atoms with Gasteiger partial charge >= 0.3 is 5.97 Å². The minimum absolute atomic E-state index is 0.000927. The van der Waals surface area contributed by atoms with Crippen molar-refractivity contribution in [2.45, 2.75) is 51.5 Å². The molecule has 1 aliphatic rings. The number of ether oxygens (including phenoxy) is 1. The third-order valence-corrected chi connectivity index (χ3v) is 2.72. The van der Waals surface area contributed by atoms with Gasteiger partial charge in [-0.05, 0) is 6.42 Å². The molecule has 0 aromatic rings. The lowest BCUT2D eigenvalue weighted by atomic mass is 10.2. The molecule has 0 aromatic heterocycles. The lowest BCUT2D eigenvalue weighted by molar-refractivity contribution is -0.658. The van der Waals surface area contributed by atoms with Gasteiger partial charge in [0.25, 0.3) is 0 Å². The predicted octanol–water partition coefficient (Wildman–Crippen LogP) is 0.836. The van der Waals surface area contributed by atoms with Gasteiger partial charge in [-0.15, -0.1) is 0 Å². The van der Waals surface area contributed by atoms with Gasteiger partial charge in [0, 0.05) is 12.8 Å². The van der Waals surface area contributed by atoms with Crippen LogP contribution in [0.3, 0.4) is 0 Å². The molecule has 14 heavy (non-hydrogen) atoms. The van der Waals surface area contributed by atoms with Crippen LogP contribution in [0, 0.1) is 0 Å². The molecule has 0 amide bonds. The van der Waals surface area contributed by atoms with E-state index in [4.69, 9.17) is 4.74 Å². The fourth-order valence-corrected chi connectivity index (χ4v) is 1.80. The number of nitrogens with two attached hydrogens (primary N) is 1. The average Bonchev–Trinajstić information content (AvgIpc) is 2.70. The molecule has 1 fully saturated rings. The van der Waals surface area contributed by atoms with Crippen LogP contribution < -0.4 is 5.32 Å². The Labute approximate surface area is 86.2 Å². The van der Waals surface area contributed by atoms with E-state index in [9.17, 15) is 4.79 Å². The average molecular weight is 200 g/mol. The number of hydrogen-bond donors (Lipinski definition) is 1. The molecule has 82 valence electrons. The maximum Gasteiger partial charge on any atom is 0.364 e. The predicted molar refractivity (Wildman–Crippen MR) is 54.9 cm³/mol. The molecule has 0 spiro atoms. The zero-order valence-electron chi connectivity index (χ0n) is 9.13. The molecule has 0 bridgehead atoms. The first-order valence-corrected chi connectivity index (χ1v) is 5.84. The molecule has 1 rings (SSSR count). The fourth-order valence-electron chi connectivity index (χ4n) is 1.80. The minimum Gasteiger partial charge on any atom is -0.461 e. The van der Waals surface area contributed by atoms with E-state index >= 15 is 0 Å². The highest BCUT2D eigenvalue weighted by Crippen LogP contribution is 2.02. The second-order valence-corrected chi connectivity index (χ2v) is 4.00. The van der Waals surface area contributed by atoms with Gasteiger partial charge in [0.15, 0.2) is 6.04 Å². The van der Waals surface area contributed by atoms with Crippen molar-refractivity contribution in [1.82, 2.24) is 0 Å². The van der Waals surface area contributed by atoms with E-state index in [2.05, 4.69) is 12.2 Å². The molecule has 3 nitrogen and oxygen atoms in total. The Morgan fingerprint density at radius 1 is 1.43 bits per heavy atom. The molecule has 0 radical (unpaired) electrons. The summed E-state index contributed by atoms with van der Waals surface area (Å²) in [5, 5.41) is 2.09. The van der Waals surface area contributed by atoms with Gasteiger partial charge in [-0.2, -0.15) is 0 Å². The van der Waals surface area contributed by atoms with Crippen molar-refractivity contribution in [1.29, 1.82) is 0 Å². The maximum atomic E-state index is 11.4. The summed E-state index contributed by atoms with van der Waals surface area (Å²) in [5.74, 6) is -0.000927. The summed E-state index contributed by atoms with van der Waals surface area (Å²) in [6.45, 7) is 3.87. The summed E-state index contributed by atoms with van der Waals surface area (Å²) >= 11 is 0. The van der Waals surface area contributed by atoms with Gasteiger partial charge in [0.2, 0.25) is 0 Å². The highest BCUT2D eigenvalue weighted by atomic mass is 16.5. The van der Waals surface area contributed by atoms with Crippen molar-refractivity contribution >= 4 is 5.97 Å². The molecule has 3 heteroatoms. The Kier molecular flexibility index (Phi) is 5.60. The van der Waals surface area contributed by atoms with Gasteiger partial charge in [-0.1, -0.05) is 26.2 Å². The Bertz CT molecular complexity index is 165. The van der Waals surface area contributed by atoms with Crippen molar-refractivity contribution in [2.24, 2.45) is 0 Å².